The van der Waals surface area contributed by atoms with Crippen LogP contribution in [-0.2, 0) is 9.47 Å². The molecule has 0 spiro atoms. The molecule has 2 unspecified atom stereocenters. The molecule has 4 aromatic rings. The summed E-state index contributed by atoms with van der Waals surface area (Å²) >= 11 is 3.16. The molecule has 0 N–H and O–H groups in total. The Labute approximate surface area is 267 Å². The predicted octanol–water partition coefficient (Wildman–Crippen LogP) is 7.20. The molecule has 2 saturated heterocycles. The van der Waals surface area contributed by atoms with Crippen molar-refractivity contribution in [3.63, 3.8) is 0 Å². The Balaban J connectivity index is 0.000000175. The fraction of sp³-hybridized carbons (Fsp3) is 0.438. The lowest BCUT2D eigenvalue weighted by molar-refractivity contribution is 0.0530. The maximum atomic E-state index is 7.42. The van der Waals surface area contributed by atoms with Crippen LogP contribution in [0.3, 0.4) is 0 Å². The van der Waals surface area contributed by atoms with Gasteiger partial charge in [0.15, 0.2) is 0 Å². The Kier molecular flexibility index (Phi) is 9.87. The number of nitrogens with zero attached hydrogens (tertiary/aromatic N) is 8. The van der Waals surface area contributed by atoms with Crippen molar-refractivity contribution in [2.75, 3.05) is 49.2 Å². The van der Waals surface area contributed by atoms with E-state index in [1.165, 1.54) is 0 Å². The molecule has 0 bridgehead atoms. The molecule has 4 aromatic heterocycles. The molecule has 0 aliphatic carbocycles. The zero-order valence-electron chi connectivity index (χ0n) is 25.9. The molecular weight excluding hydrogens is 593 g/mol. The van der Waals surface area contributed by atoms with Crippen LogP contribution in [0.1, 0.15) is 36.6 Å². The summed E-state index contributed by atoms with van der Waals surface area (Å²) in [6, 6.07) is 8.06. The Hall–Kier alpha value is -3.94. The maximum Gasteiger partial charge on any atom is 0.290 e. The molecule has 10 nitrogen and oxygen atoms in total. The molecular formula is C32H36N8O2S2. The van der Waals surface area contributed by atoms with E-state index < -0.39 is 0 Å². The van der Waals surface area contributed by atoms with Crippen LogP contribution in [-0.4, -0.2) is 71.5 Å². The zero-order valence-corrected chi connectivity index (χ0v) is 27.6. The minimum Gasteiger partial charge on any atom is -0.375 e. The normalized spacial score (nSPS) is 18.3. The Bertz CT molecular complexity index is 1550. The van der Waals surface area contributed by atoms with Gasteiger partial charge >= 0.3 is 0 Å². The van der Waals surface area contributed by atoms with Crippen molar-refractivity contribution in [3.8, 4) is 20.9 Å². The van der Waals surface area contributed by atoms with Crippen molar-refractivity contribution in [2.45, 2.75) is 53.8 Å². The lowest BCUT2D eigenvalue weighted by Gasteiger charge is -2.29. The third-order valence-corrected chi connectivity index (χ3v) is 9.43. The number of pyridine rings is 2. The van der Waals surface area contributed by atoms with Crippen LogP contribution in [0.4, 0.5) is 21.9 Å². The zero-order chi connectivity index (χ0) is 31.4. The van der Waals surface area contributed by atoms with E-state index in [2.05, 4.69) is 53.3 Å². The quantitative estimate of drug-likeness (QED) is 0.220. The van der Waals surface area contributed by atoms with Crippen molar-refractivity contribution < 1.29 is 9.47 Å². The number of anilines is 2. The molecule has 6 rings (SSSR count). The van der Waals surface area contributed by atoms with Gasteiger partial charge in [0, 0.05) is 49.0 Å². The maximum absolute atomic E-state index is 7.42. The molecule has 0 saturated carbocycles. The fourth-order valence-electron chi connectivity index (χ4n) is 5.32. The Morgan fingerprint density at radius 3 is 1.34 bits per heavy atom. The first kappa shape index (κ1) is 31.5. The number of thiazole rings is 2. The van der Waals surface area contributed by atoms with Crippen molar-refractivity contribution in [1.29, 1.82) is 0 Å². The highest BCUT2D eigenvalue weighted by molar-refractivity contribution is 7.20. The molecule has 6 heterocycles. The monoisotopic (exact) mass is 628 g/mol. The SMILES string of the molecule is [C-]#[N+]c1nc(N2CCOC(C)C2)sc1-c1cc(C)nc(C)c1.[C-]#[N+]c1nc(N2CCOC(C)C2)sc1-c1cc(C)nc(C)c1. The third kappa shape index (κ3) is 7.40. The summed E-state index contributed by atoms with van der Waals surface area (Å²) in [6.45, 7) is 31.5. The van der Waals surface area contributed by atoms with Gasteiger partial charge in [0.1, 0.15) is 0 Å². The van der Waals surface area contributed by atoms with Gasteiger partial charge in [0.25, 0.3) is 21.9 Å². The van der Waals surface area contributed by atoms with Gasteiger partial charge in [-0.15, -0.1) is 0 Å². The first-order valence-corrected chi connectivity index (χ1v) is 16.2. The number of rotatable bonds is 4. The van der Waals surface area contributed by atoms with Gasteiger partial charge in [0.2, 0.25) is 0 Å². The molecule has 2 aliphatic heterocycles. The lowest BCUT2D eigenvalue weighted by atomic mass is 10.1. The Morgan fingerprint density at radius 2 is 1.02 bits per heavy atom. The summed E-state index contributed by atoms with van der Waals surface area (Å²) in [5.74, 6) is 0.952. The number of aromatic nitrogens is 4. The summed E-state index contributed by atoms with van der Waals surface area (Å²) in [5, 5.41) is 1.81. The fourth-order valence-corrected chi connectivity index (χ4v) is 7.37. The molecule has 2 aliphatic rings. The molecule has 44 heavy (non-hydrogen) atoms. The highest BCUT2D eigenvalue weighted by Crippen LogP contribution is 2.41. The minimum atomic E-state index is 0.197. The van der Waals surface area contributed by atoms with E-state index in [9.17, 15) is 0 Å². The van der Waals surface area contributed by atoms with Crippen LogP contribution in [0, 0.1) is 40.8 Å². The van der Waals surface area contributed by atoms with Gasteiger partial charge in [-0.05, 0) is 76.9 Å². The summed E-state index contributed by atoms with van der Waals surface area (Å²) in [5.41, 5.74) is 5.89. The molecule has 0 aromatic carbocycles. The van der Waals surface area contributed by atoms with E-state index in [1.54, 1.807) is 22.7 Å². The molecule has 0 amide bonds. The van der Waals surface area contributed by atoms with Crippen molar-refractivity contribution in [1.82, 2.24) is 19.9 Å². The smallest absolute Gasteiger partial charge is 0.290 e. The number of morpholine rings is 2. The number of hydrogen-bond acceptors (Lipinski definition) is 10. The average molecular weight is 629 g/mol. The Morgan fingerprint density at radius 1 is 0.659 bits per heavy atom. The van der Waals surface area contributed by atoms with Crippen LogP contribution in [0.2, 0.25) is 0 Å². The third-order valence-electron chi connectivity index (χ3n) is 7.12. The topological polar surface area (TPSA) is 85.2 Å². The van der Waals surface area contributed by atoms with E-state index in [1.807, 2.05) is 52.0 Å². The van der Waals surface area contributed by atoms with Gasteiger partial charge < -0.3 is 29.0 Å². The second-order valence-corrected chi connectivity index (χ2v) is 13.0. The van der Waals surface area contributed by atoms with E-state index in [0.717, 1.165) is 80.1 Å². The van der Waals surface area contributed by atoms with Gasteiger partial charge in [-0.1, -0.05) is 45.8 Å². The van der Waals surface area contributed by atoms with Gasteiger partial charge in [-0.3, -0.25) is 9.97 Å². The highest BCUT2D eigenvalue weighted by Gasteiger charge is 2.26. The van der Waals surface area contributed by atoms with Gasteiger partial charge in [-0.2, -0.15) is 0 Å². The largest absolute Gasteiger partial charge is 0.375 e. The summed E-state index contributed by atoms with van der Waals surface area (Å²) in [4.78, 5) is 31.4. The molecule has 2 atom stereocenters. The first-order chi connectivity index (χ1) is 21.1. The predicted molar refractivity (Wildman–Crippen MR) is 177 cm³/mol. The summed E-state index contributed by atoms with van der Waals surface area (Å²) in [7, 11) is 0. The summed E-state index contributed by atoms with van der Waals surface area (Å²) < 4.78 is 11.2. The van der Waals surface area contributed by atoms with E-state index >= 15 is 0 Å². The molecule has 0 radical (unpaired) electrons. The van der Waals surface area contributed by atoms with Crippen molar-refractivity contribution >= 4 is 44.6 Å². The lowest BCUT2D eigenvalue weighted by Crippen LogP contribution is -2.41. The average Bonchev–Trinajstić information content (AvgIpc) is 3.62. The van der Waals surface area contributed by atoms with Gasteiger partial charge in [0.05, 0.1) is 35.2 Å². The standard InChI is InChI=1S/2C16H18N4OS/c2*1-10-7-13(8-11(2)18-10)14-15(17-4)19-16(22-14)20-5-6-21-12(3)9-20/h2*7-8,12H,5-6,9H2,1-3H3. The molecule has 12 heteroatoms. The molecule has 228 valence electrons. The second kappa shape index (κ2) is 13.8. The minimum absolute atomic E-state index is 0.197. The van der Waals surface area contributed by atoms with Crippen LogP contribution < -0.4 is 9.80 Å². The number of ether oxygens (including phenoxy) is 2. The van der Waals surface area contributed by atoms with Crippen molar-refractivity contribution in [3.05, 3.63) is 69.9 Å². The molecule has 2 fully saturated rings. The highest BCUT2D eigenvalue weighted by atomic mass is 32.1. The van der Waals surface area contributed by atoms with E-state index in [4.69, 9.17) is 22.6 Å². The van der Waals surface area contributed by atoms with Crippen LogP contribution in [0.5, 0.6) is 0 Å². The summed E-state index contributed by atoms with van der Waals surface area (Å²) in [6.07, 6.45) is 0.394. The second-order valence-electron chi connectivity index (χ2n) is 11.1. The van der Waals surface area contributed by atoms with Crippen LogP contribution in [0.15, 0.2) is 24.3 Å². The van der Waals surface area contributed by atoms with Crippen molar-refractivity contribution in [2.24, 2.45) is 0 Å². The number of hydrogen-bond donors (Lipinski definition) is 0. The van der Waals surface area contributed by atoms with Crippen LogP contribution >= 0.6 is 22.7 Å². The first-order valence-electron chi connectivity index (χ1n) is 14.5. The van der Waals surface area contributed by atoms with Gasteiger partial charge in [-0.25, -0.2) is 0 Å². The van der Waals surface area contributed by atoms with Crippen LogP contribution in [0.25, 0.3) is 30.6 Å². The number of aryl methyl sites for hydroxylation is 4. The van der Waals surface area contributed by atoms with E-state index in [0.29, 0.717) is 24.8 Å². The van der Waals surface area contributed by atoms with E-state index in [-0.39, 0.29) is 12.2 Å².